The Balaban J connectivity index is 2.84. The van der Waals surface area contributed by atoms with Crippen LogP contribution in [-0.2, 0) is 30.4 Å². The molecule has 1 aromatic heterocycles. The molecule has 1 heterocycles. The van der Waals surface area contributed by atoms with Gasteiger partial charge in [-0.3, -0.25) is 19.2 Å². The van der Waals surface area contributed by atoms with Gasteiger partial charge in [-0.1, -0.05) is 27.7 Å². The molecule has 0 bridgehead atoms. The highest BCUT2D eigenvalue weighted by Crippen LogP contribution is 2.07. The van der Waals surface area contributed by atoms with Crippen LogP contribution in [-0.4, -0.2) is 75.4 Å². The number of aromatic nitrogens is 2. The molecule has 8 N–H and O–H groups in total. The summed E-state index contributed by atoms with van der Waals surface area (Å²) in [6, 6.07) is -3.95. The summed E-state index contributed by atoms with van der Waals surface area (Å²) in [5.74, 6) is -3.88. The Morgan fingerprint density at radius 2 is 1.63 bits per heavy atom. The average molecular weight is 496 g/mol. The zero-order valence-corrected chi connectivity index (χ0v) is 20.8. The van der Waals surface area contributed by atoms with Crippen LogP contribution in [0.25, 0.3) is 0 Å². The number of aromatic amines is 1. The van der Waals surface area contributed by atoms with Crippen LogP contribution in [0.1, 0.15) is 46.7 Å². The number of amides is 4. The molecular weight excluding hydrogens is 458 g/mol. The van der Waals surface area contributed by atoms with Crippen LogP contribution in [0.4, 0.5) is 0 Å². The predicted molar refractivity (Wildman–Crippen MR) is 127 cm³/mol. The van der Waals surface area contributed by atoms with Gasteiger partial charge in [0.25, 0.3) is 0 Å². The number of nitrogens with one attached hydrogen (secondary N) is 5. The summed E-state index contributed by atoms with van der Waals surface area (Å²) in [6.07, 6.45) is 3.13. The van der Waals surface area contributed by atoms with Gasteiger partial charge in [0.1, 0.15) is 18.1 Å². The van der Waals surface area contributed by atoms with E-state index in [1.165, 1.54) is 19.4 Å². The molecule has 0 fully saturated rings. The number of carboxylic acids is 1. The summed E-state index contributed by atoms with van der Waals surface area (Å²) in [4.78, 5) is 68.1. The summed E-state index contributed by atoms with van der Waals surface area (Å²) < 4.78 is 0. The molecule has 0 radical (unpaired) electrons. The van der Waals surface area contributed by atoms with Gasteiger partial charge in [-0.2, -0.15) is 0 Å². The minimum absolute atomic E-state index is 0.0175. The standard InChI is InChI=1S/C22H37N7O6/c1-11(2)6-16(22(34)35)28-20(32)15(7-14-8-24-10-26-14)27-17(30)9-25-21(33)18(12(3)4)29-19(31)13(5)23/h8,10-13,15-16,18H,6-7,9,23H2,1-5H3,(H,24,26)(H,25,33)(H,27,30)(H,28,32)(H,29,31)(H,34,35)/t13-,15-,16-,18-/m0/s1. The van der Waals surface area contributed by atoms with Crippen LogP contribution < -0.4 is 27.0 Å². The second kappa shape index (κ2) is 14.0. The van der Waals surface area contributed by atoms with Crippen molar-refractivity contribution in [3.63, 3.8) is 0 Å². The first-order valence-electron chi connectivity index (χ1n) is 11.4. The van der Waals surface area contributed by atoms with Crippen molar-refractivity contribution in [3.05, 3.63) is 18.2 Å². The van der Waals surface area contributed by atoms with Crippen molar-refractivity contribution in [2.45, 2.75) is 71.6 Å². The summed E-state index contributed by atoms with van der Waals surface area (Å²) in [7, 11) is 0. The maximum Gasteiger partial charge on any atom is 0.326 e. The van der Waals surface area contributed by atoms with E-state index in [2.05, 4.69) is 31.2 Å². The van der Waals surface area contributed by atoms with Gasteiger partial charge in [-0.05, 0) is 25.2 Å². The molecule has 13 nitrogen and oxygen atoms in total. The van der Waals surface area contributed by atoms with E-state index in [0.29, 0.717) is 5.69 Å². The zero-order chi connectivity index (χ0) is 26.7. The van der Waals surface area contributed by atoms with Crippen molar-refractivity contribution in [3.8, 4) is 0 Å². The van der Waals surface area contributed by atoms with Gasteiger partial charge in [0, 0.05) is 18.3 Å². The van der Waals surface area contributed by atoms with Crippen molar-refractivity contribution in [1.82, 2.24) is 31.2 Å². The van der Waals surface area contributed by atoms with E-state index in [-0.39, 0.29) is 24.7 Å². The fraction of sp³-hybridized carbons (Fsp3) is 0.636. The summed E-state index contributed by atoms with van der Waals surface area (Å²) >= 11 is 0. The number of carbonyl (C=O) groups is 5. The third-order valence-corrected chi connectivity index (χ3v) is 5.04. The minimum atomic E-state index is -1.18. The average Bonchev–Trinajstić information content (AvgIpc) is 3.27. The molecule has 196 valence electrons. The van der Waals surface area contributed by atoms with E-state index in [0.717, 1.165) is 0 Å². The van der Waals surface area contributed by atoms with Crippen LogP contribution in [0, 0.1) is 11.8 Å². The molecule has 35 heavy (non-hydrogen) atoms. The Kier molecular flexibility index (Phi) is 11.9. The van der Waals surface area contributed by atoms with Crippen molar-refractivity contribution in [1.29, 1.82) is 0 Å². The number of hydrogen-bond acceptors (Lipinski definition) is 7. The van der Waals surface area contributed by atoms with Crippen LogP contribution in [0.5, 0.6) is 0 Å². The van der Waals surface area contributed by atoms with Gasteiger partial charge in [-0.25, -0.2) is 9.78 Å². The van der Waals surface area contributed by atoms with Gasteiger partial charge in [-0.15, -0.1) is 0 Å². The minimum Gasteiger partial charge on any atom is -0.480 e. The third kappa shape index (κ3) is 10.5. The van der Waals surface area contributed by atoms with E-state index in [4.69, 9.17) is 5.73 Å². The number of H-pyrrole nitrogens is 1. The molecule has 13 heteroatoms. The lowest BCUT2D eigenvalue weighted by molar-refractivity contribution is -0.142. The molecule has 0 spiro atoms. The number of carbonyl (C=O) groups excluding carboxylic acids is 4. The SMILES string of the molecule is CC(C)C[C@H](NC(=O)[C@H](Cc1cnc[nH]1)NC(=O)CNC(=O)[C@@H](NC(=O)[C@H](C)N)C(C)C)C(=O)O. The Morgan fingerprint density at radius 3 is 2.11 bits per heavy atom. The number of aliphatic carboxylic acids is 1. The van der Waals surface area contributed by atoms with Gasteiger partial charge in [0.15, 0.2) is 0 Å². The molecule has 1 rings (SSSR count). The highest BCUT2D eigenvalue weighted by atomic mass is 16.4. The van der Waals surface area contributed by atoms with Crippen LogP contribution in [0.3, 0.4) is 0 Å². The number of imidazole rings is 1. The van der Waals surface area contributed by atoms with Crippen molar-refractivity contribution < 1.29 is 29.1 Å². The Bertz CT molecular complexity index is 870. The molecule has 0 aliphatic heterocycles. The molecule has 0 aromatic carbocycles. The van der Waals surface area contributed by atoms with E-state index in [1.807, 2.05) is 13.8 Å². The first-order chi connectivity index (χ1) is 16.3. The van der Waals surface area contributed by atoms with E-state index >= 15 is 0 Å². The Morgan fingerprint density at radius 1 is 0.971 bits per heavy atom. The third-order valence-electron chi connectivity index (χ3n) is 5.04. The summed E-state index contributed by atoms with van der Waals surface area (Å²) in [6.45, 7) is 8.14. The Hall–Kier alpha value is -3.48. The van der Waals surface area contributed by atoms with Crippen molar-refractivity contribution in [2.24, 2.45) is 17.6 Å². The monoisotopic (exact) mass is 495 g/mol. The maximum absolute atomic E-state index is 12.9. The zero-order valence-electron chi connectivity index (χ0n) is 20.8. The quantitative estimate of drug-likeness (QED) is 0.164. The lowest BCUT2D eigenvalue weighted by atomic mass is 10.0. The largest absolute Gasteiger partial charge is 0.480 e. The van der Waals surface area contributed by atoms with E-state index < -0.39 is 60.3 Å². The highest BCUT2D eigenvalue weighted by molar-refractivity contribution is 5.94. The topological polar surface area (TPSA) is 208 Å². The van der Waals surface area contributed by atoms with Gasteiger partial charge >= 0.3 is 5.97 Å². The number of carboxylic acid groups (broad SMARTS) is 1. The number of nitrogens with two attached hydrogens (primary N) is 1. The maximum atomic E-state index is 12.9. The summed E-state index contributed by atoms with van der Waals surface area (Å²) in [5.41, 5.74) is 6.08. The number of hydrogen-bond donors (Lipinski definition) is 7. The second-order valence-electron chi connectivity index (χ2n) is 9.17. The van der Waals surface area contributed by atoms with Gasteiger partial charge in [0.05, 0.1) is 18.9 Å². The first-order valence-corrected chi connectivity index (χ1v) is 11.4. The lowest BCUT2D eigenvalue weighted by Gasteiger charge is -2.24. The van der Waals surface area contributed by atoms with Crippen LogP contribution >= 0.6 is 0 Å². The molecular formula is C22H37N7O6. The molecule has 0 saturated heterocycles. The van der Waals surface area contributed by atoms with E-state index in [1.54, 1.807) is 13.8 Å². The van der Waals surface area contributed by atoms with Crippen LogP contribution in [0.15, 0.2) is 12.5 Å². The highest BCUT2D eigenvalue weighted by Gasteiger charge is 2.29. The second-order valence-corrected chi connectivity index (χ2v) is 9.17. The normalized spacial score (nSPS) is 14.5. The molecule has 0 aliphatic carbocycles. The smallest absolute Gasteiger partial charge is 0.326 e. The Labute approximate surface area is 204 Å². The fourth-order valence-electron chi connectivity index (χ4n) is 3.13. The van der Waals surface area contributed by atoms with Gasteiger partial charge < -0.3 is 37.1 Å². The molecule has 0 saturated carbocycles. The predicted octanol–water partition coefficient (Wildman–Crippen LogP) is -1.34. The molecule has 4 atom stereocenters. The number of rotatable bonds is 14. The number of nitrogens with zero attached hydrogens (tertiary/aromatic N) is 1. The molecule has 0 aliphatic rings. The fourth-order valence-corrected chi connectivity index (χ4v) is 3.13. The lowest BCUT2D eigenvalue weighted by Crippen LogP contribution is -2.56. The molecule has 4 amide bonds. The van der Waals surface area contributed by atoms with Crippen LogP contribution in [0.2, 0.25) is 0 Å². The molecule has 1 aromatic rings. The van der Waals surface area contributed by atoms with Crippen molar-refractivity contribution >= 4 is 29.6 Å². The molecule has 0 unspecified atom stereocenters. The summed E-state index contributed by atoms with van der Waals surface area (Å²) in [5, 5.41) is 19.4. The first kappa shape index (κ1) is 29.6. The van der Waals surface area contributed by atoms with Gasteiger partial charge in [0.2, 0.25) is 23.6 Å². The van der Waals surface area contributed by atoms with Crippen molar-refractivity contribution in [2.75, 3.05) is 6.54 Å². The van der Waals surface area contributed by atoms with E-state index in [9.17, 15) is 29.1 Å².